The third kappa shape index (κ3) is 2.90. The first kappa shape index (κ1) is 16.1. The van der Waals surface area contributed by atoms with Crippen LogP contribution < -0.4 is 5.32 Å². The van der Waals surface area contributed by atoms with Crippen LogP contribution in [-0.4, -0.2) is 45.4 Å². The number of amides is 2. The smallest absolute Gasteiger partial charge is 0.254 e. The molecular formula is C19H24N4O2. The molecule has 0 radical (unpaired) electrons. The second kappa shape index (κ2) is 5.86. The number of fused-ring (bicyclic) bond motifs is 1. The van der Waals surface area contributed by atoms with Crippen LogP contribution in [0.1, 0.15) is 35.9 Å². The Morgan fingerprint density at radius 2 is 2.08 bits per heavy atom. The zero-order valence-electron chi connectivity index (χ0n) is 15.0. The van der Waals surface area contributed by atoms with Crippen molar-refractivity contribution in [1.29, 1.82) is 0 Å². The Morgan fingerprint density at radius 1 is 1.32 bits per heavy atom. The highest BCUT2D eigenvalue weighted by Gasteiger charge is 2.40. The van der Waals surface area contributed by atoms with Gasteiger partial charge in [-0.2, -0.15) is 0 Å². The van der Waals surface area contributed by atoms with Gasteiger partial charge >= 0.3 is 0 Å². The minimum absolute atomic E-state index is 0.0155. The zero-order chi connectivity index (χ0) is 17.7. The Kier molecular flexibility index (Phi) is 3.78. The van der Waals surface area contributed by atoms with Gasteiger partial charge in [-0.05, 0) is 43.9 Å². The van der Waals surface area contributed by atoms with Crippen LogP contribution in [0.15, 0.2) is 18.2 Å². The van der Waals surface area contributed by atoms with Gasteiger partial charge in [0.2, 0.25) is 5.91 Å². The number of nitrogens with zero attached hydrogens (tertiary/aromatic N) is 3. The Hall–Kier alpha value is -2.37. The summed E-state index contributed by atoms with van der Waals surface area (Å²) in [4.78, 5) is 31.2. The van der Waals surface area contributed by atoms with Crippen LogP contribution in [0.2, 0.25) is 0 Å². The lowest BCUT2D eigenvalue weighted by atomic mass is 10.1. The summed E-state index contributed by atoms with van der Waals surface area (Å²) in [6.07, 6.45) is 1.81. The molecule has 1 aliphatic heterocycles. The van der Waals surface area contributed by atoms with E-state index in [1.54, 1.807) is 0 Å². The number of likely N-dealkylation sites (tertiary alicyclic amines) is 1. The molecule has 1 aromatic carbocycles. The molecule has 2 fully saturated rings. The highest BCUT2D eigenvalue weighted by Crippen LogP contribution is 2.37. The van der Waals surface area contributed by atoms with Crippen LogP contribution in [0.3, 0.4) is 0 Å². The molecule has 25 heavy (non-hydrogen) atoms. The minimum Gasteiger partial charge on any atom is -0.351 e. The largest absolute Gasteiger partial charge is 0.351 e. The number of rotatable bonds is 3. The molecule has 1 saturated heterocycles. The van der Waals surface area contributed by atoms with E-state index in [4.69, 9.17) is 0 Å². The number of hydrogen-bond donors (Lipinski definition) is 1. The highest BCUT2D eigenvalue weighted by atomic mass is 16.2. The molecule has 2 heterocycles. The van der Waals surface area contributed by atoms with Gasteiger partial charge in [-0.3, -0.25) is 9.59 Å². The predicted octanol–water partition coefficient (Wildman–Crippen LogP) is 1.87. The summed E-state index contributed by atoms with van der Waals surface area (Å²) in [5.41, 5.74) is 2.53. The second-order valence-electron chi connectivity index (χ2n) is 7.49. The molecule has 6 heteroatoms. The molecule has 132 valence electrons. The maximum absolute atomic E-state index is 12.8. The van der Waals surface area contributed by atoms with Crippen molar-refractivity contribution in [3.8, 4) is 0 Å². The van der Waals surface area contributed by atoms with Gasteiger partial charge < -0.3 is 14.8 Å². The number of aryl methyl sites for hydroxylation is 2. The molecule has 1 saturated carbocycles. The van der Waals surface area contributed by atoms with E-state index in [0.29, 0.717) is 24.6 Å². The highest BCUT2D eigenvalue weighted by molar-refractivity contribution is 5.97. The van der Waals surface area contributed by atoms with E-state index in [0.717, 1.165) is 29.7 Å². The van der Waals surface area contributed by atoms with Gasteiger partial charge in [-0.15, -0.1) is 0 Å². The quantitative estimate of drug-likeness (QED) is 0.927. The van der Waals surface area contributed by atoms with Gasteiger partial charge in [0, 0.05) is 37.7 Å². The third-order valence-corrected chi connectivity index (χ3v) is 5.62. The number of carbonyl (C=O) groups excluding carboxylic acids is 2. The molecule has 1 aliphatic carbocycles. The van der Waals surface area contributed by atoms with Crippen LogP contribution in [0, 0.1) is 18.8 Å². The lowest BCUT2D eigenvalue weighted by Crippen LogP contribution is -2.39. The number of benzene rings is 1. The van der Waals surface area contributed by atoms with Crippen molar-refractivity contribution in [2.45, 2.75) is 32.7 Å². The van der Waals surface area contributed by atoms with Crippen LogP contribution >= 0.6 is 0 Å². The topological polar surface area (TPSA) is 67.2 Å². The Bertz CT molecular complexity index is 856. The lowest BCUT2D eigenvalue weighted by Gasteiger charge is -2.17. The van der Waals surface area contributed by atoms with Crippen molar-refractivity contribution in [2.75, 3.05) is 13.1 Å². The fourth-order valence-electron chi connectivity index (χ4n) is 3.69. The number of hydrogen-bond acceptors (Lipinski definition) is 3. The number of carbonyl (C=O) groups is 2. The molecule has 0 bridgehead atoms. The SMILES string of the molecule is Cc1nc2cc(C(=O)N3CC[C@H](NC(=O)[C@H]4C[C@@H]4C)C3)ccc2n1C. The standard InChI is InChI=1S/C19H24N4O2/c1-11-8-15(11)18(24)21-14-6-7-23(10-14)19(25)13-4-5-17-16(9-13)20-12(2)22(17)3/h4-5,9,11,14-15H,6-8,10H2,1-3H3,(H,21,24)/t11-,14-,15-/m0/s1. The van der Waals surface area contributed by atoms with E-state index in [-0.39, 0.29) is 23.8 Å². The van der Waals surface area contributed by atoms with Crippen molar-refractivity contribution in [3.63, 3.8) is 0 Å². The normalized spacial score (nSPS) is 25.4. The monoisotopic (exact) mass is 340 g/mol. The summed E-state index contributed by atoms with van der Waals surface area (Å²) in [7, 11) is 1.97. The van der Waals surface area contributed by atoms with Crippen LogP contribution in [-0.2, 0) is 11.8 Å². The second-order valence-corrected chi connectivity index (χ2v) is 7.49. The number of nitrogens with one attached hydrogen (secondary N) is 1. The first-order valence-electron chi connectivity index (χ1n) is 8.97. The summed E-state index contributed by atoms with van der Waals surface area (Å²) < 4.78 is 2.02. The Labute approximate surface area is 147 Å². The van der Waals surface area contributed by atoms with Crippen molar-refractivity contribution in [1.82, 2.24) is 19.8 Å². The molecule has 0 spiro atoms. The summed E-state index contributed by atoms with van der Waals surface area (Å²) >= 11 is 0. The average molecular weight is 340 g/mol. The Morgan fingerprint density at radius 3 is 2.80 bits per heavy atom. The molecule has 6 nitrogen and oxygen atoms in total. The third-order valence-electron chi connectivity index (χ3n) is 5.62. The van der Waals surface area contributed by atoms with Crippen molar-refractivity contribution in [3.05, 3.63) is 29.6 Å². The average Bonchev–Trinajstić information content (AvgIpc) is 3.03. The van der Waals surface area contributed by atoms with Crippen LogP contribution in [0.5, 0.6) is 0 Å². The molecule has 3 atom stereocenters. The summed E-state index contributed by atoms with van der Waals surface area (Å²) in [6.45, 7) is 5.33. The molecule has 1 N–H and O–H groups in total. The van der Waals surface area contributed by atoms with Gasteiger partial charge in [-0.25, -0.2) is 4.98 Å². The lowest BCUT2D eigenvalue weighted by molar-refractivity contribution is -0.123. The molecule has 4 rings (SSSR count). The van der Waals surface area contributed by atoms with E-state index < -0.39 is 0 Å². The van der Waals surface area contributed by atoms with Gasteiger partial charge in [0.15, 0.2) is 0 Å². The van der Waals surface area contributed by atoms with E-state index >= 15 is 0 Å². The van der Waals surface area contributed by atoms with E-state index in [1.807, 2.05) is 41.6 Å². The zero-order valence-corrected chi connectivity index (χ0v) is 15.0. The number of aromatic nitrogens is 2. The van der Waals surface area contributed by atoms with E-state index in [1.165, 1.54) is 0 Å². The van der Waals surface area contributed by atoms with Crippen LogP contribution in [0.4, 0.5) is 0 Å². The molecule has 1 aromatic heterocycles. The number of imidazole rings is 1. The minimum atomic E-state index is 0.0155. The summed E-state index contributed by atoms with van der Waals surface area (Å²) in [5, 5.41) is 3.10. The molecule has 2 amide bonds. The van der Waals surface area contributed by atoms with E-state index in [2.05, 4.69) is 17.2 Å². The molecule has 0 unspecified atom stereocenters. The van der Waals surface area contributed by atoms with Gasteiger partial charge in [0.05, 0.1) is 11.0 Å². The fraction of sp³-hybridized carbons (Fsp3) is 0.526. The summed E-state index contributed by atoms with van der Waals surface area (Å²) in [5.74, 6) is 1.78. The first-order chi connectivity index (χ1) is 11.9. The van der Waals surface area contributed by atoms with Gasteiger partial charge in [0.1, 0.15) is 5.82 Å². The predicted molar refractivity (Wildman–Crippen MR) is 95.2 cm³/mol. The van der Waals surface area contributed by atoms with Gasteiger partial charge in [0.25, 0.3) is 5.91 Å². The van der Waals surface area contributed by atoms with Crippen LogP contribution in [0.25, 0.3) is 11.0 Å². The molecular weight excluding hydrogens is 316 g/mol. The Balaban J connectivity index is 1.43. The molecule has 2 aromatic rings. The maximum atomic E-state index is 12.8. The molecule has 2 aliphatic rings. The fourth-order valence-corrected chi connectivity index (χ4v) is 3.69. The maximum Gasteiger partial charge on any atom is 0.254 e. The van der Waals surface area contributed by atoms with Crippen molar-refractivity contribution in [2.24, 2.45) is 18.9 Å². The summed E-state index contributed by atoms with van der Waals surface area (Å²) in [6, 6.07) is 5.75. The van der Waals surface area contributed by atoms with Gasteiger partial charge in [-0.1, -0.05) is 6.92 Å². The van der Waals surface area contributed by atoms with Crippen molar-refractivity contribution >= 4 is 22.8 Å². The first-order valence-corrected chi connectivity index (χ1v) is 8.97. The van der Waals surface area contributed by atoms with Crippen molar-refractivity contribution < 1.29 is 9.59 Å². The van der Waals surface area contributed by atoms with E-state index in [9.17, 15) is 9.59 Å².